The van der Waals surface area contributed by atoms with Crippen LogP contribution in [0.3, 0.4) is 0 Å². The van der Waals surface area contributed by atoms with Crippen LogP contribution in [-0.2, 0) is 5.41 Å². The molecule has 2 N–H and O–H groups in total. The first kappa shape index (κ1) is 28.3. The Morgan fingerprint density at radius 1 is 0.854 bits per heavy atom. The van der Waals surface area contributed by atoms with Crippen molar-refractivity contribution in [2.75, 3.05) is 10.6 Å². The molecule has 0 unspecified atom stereocenters. The van der Waals surface area contributed by atoms with Gasteiger partial charge in [0.1, 0.15) is 5.82 Å². The molecule has 8 heteroatoms. The summed E-state index contributed by atoms with van der Waals surface area (Å²) in [5.41, 5.74) is 5.36. The molecule has 0 saturated heterocycles. The largest absolute Gasteiger partial charge is 0.321 e. The molecule has 2 heterocycles. The summed E-state index contributed by atoms with van der Waals surface area (Å²) >= 11 is 7.70. The zero-order valence-corrected chi connectivity index (χ0v) is 25.2. The molecule has 0 atom stereocenters. The lowest BCUT2D eigenvalue weighted by atomic mass is 9.92. The van der Waals surface area contributed by atoms with Gasteiger partial charge in [0, 0.05) is 38.2 Å². The van der Waals surface area contributed by atoms with Crippen molar-refractivity contribution < 1.29 is 9.59 Å². The number of anilines is 2. The van der Waals surface area contributed by atoms with Crippen molar-refractivity contribution in [3.8, 4) is 16.1 Å². The molecule has 2 aromatic heterocycles. The SMILES string of the molecule is Cc1ccc(-n2nc(C(C)(C)C)cc2NC(=O)c2ccc(C)c(NC(=O)c3ccc(-c4ccccc4Cl)s3)c2)cc1. The van der Waals surface area contributed by atoms with E-state index in [1.54, 1.807) is 22.9 Å². The van der Waals surface area contributed by atoms with Crippen LogP contribution in [0.2, 0.25) is 5.02 Å². The third-order valence-corrected chi connectivity index (χ3v) is 8.16. The predicted octanol–water partition coefficient (Wildman–Crippen LogP) is 8.67. The van der Waals surface area contributed by atoms with Crippen LogP contribution in [0.25, 0.3) is 16.1 Å². The Balaban J connectivity index is 1.38. The molecule has 0 saturated carbocycles. The third-order valence-electron chi connectivity index (χ3n) is 6.71. The molecular formula is C33H31ClN4O2S. The van der Waals surface area contributed by atoms with Crippen molar-refractivity contribution >= 4 is 46.3 Å². The standard InChI is InChI=1S/C33H31ClN4O2S/c1-20-10-14-23(15-11-20)38-30(19-29(37-38)33(3,4)5)36-31(39)22-13-12-21(2)26(18-22)35-32(40)28-17-16-27(41-28)24-8-6-7-9-25(24)34/h6-19H,1-5H3,(H,35,40)(H,36,39). The Kier molecular flexibility index (Phi) is 7.84. The fourth-order valence-corrected chi connectivity index (χ4v) is 5.49. The van der Waals surface area contributed by atoms with Crippen molar-refractivity contribution in [2.45, 2.75) is 40.0 Å². The summed E-state index contributed by atoms with van der Waals surface area (Å²) in [5.74, 6) is 0.0215. The summed E-state index contributed by atoms with van der Waals surface area (Å²) in [7, 11) is 0. The summed E-state index contributed by atoms with van der Waals surface area (Å²) in [4.78, 5) is 28.0. The van der Waals surface area contributed by atoms with Crippen molar-refractivity contribution in [1.82, 2.24) is 9.78 Å². The minimum Gasteiger partial charge on any atom is -0.321 e. The van der Waals surface area contributed by atoms with Gasteiger partial charge in [0.2, 0.25) is 0 Å². The minimum atomic E-state index is -0.300. The zero-order valence-electron chi connectivity index (χ0n) is 23.6. The lowest BCUT2D eigenvalue weighted by Gasteiger charge is -2.14. The number of hydrogen-bond acceptors (Lipinski definition) is 4. The lowest BCUT2D eigenvalue weighted by Crippen LogP contribution is -2.16. The Bertz CT molecular complexity index is 1750. The molecule has 0 fully saturated rings. The number of carbonyl (C=O) groups is 2. The number of aromatic nitrogens is 2. The highest BCUT2D eigenvalue weighted by Crippen LogP contribution is 2.34. The van der Waals surface area contributed by atoms with E-state index in [0.29, 0.717) is 27.0 Å². The van der Waals surface area contributed by atoms with E-state index < -0.39 is 0 Å². The molecule has 0 bridgehead atoms. The number of benzene rings is 3. The van der Waals surface area contributed by atoms with Crippen molar-refractivity contribution in [3.05, 3.63) is 117 Å². The molecule has 2 amide bonds. The summed E-state index contributed by atoms with van der Waals surface area (Å²) < 4.78 is 1.75. The van der Waals surface area contributed by atoms with Gasteiger partial charge in [-0.25, -0.2) is 4.68 Å². The number of carbonyl (C=O) groups excluding carboxylic acids is 2. The lowest BCUT2D eigenvalue weighted by molar-refractivity contribution is 0.101. The number of halogens is 1. The fraction of sp³-hybridized carbons (Fsp3) is 0.182. The van der Waals surface area contributed by atoms with Crippen LogP contribution in [-0.4, -0.2) is 21.6 Å². The molecular weight excluding hydrogens is 552 g/mol. The van der Waals surface area contributed by atoms with Gasteiger partial charge in [0.25, 0.3) is 11.8 Å². The van der Waals surface area contributed by atoms with Crippen LogP contribution in [0.5, 0.6) is 0 Å². The maximum atomic E-state index is 13.4. The van der Waals surface area contributed by atoms with Gasteiger partial charge in [0.15, 0.2) is 0 Å². The van der Waals surface area contributed by atoms with Gasteiger partial charge >= 0.3 is 0 Å². The van der Waals surface area contributed by atoms with Crippen LogP contribution in [0.15, 0.2) is 84.9 Å². The Labute approximate surface area is 249 Å². The van der Waals surface area contributed by atoms with E-state index in [0.717, 1.165) is 32.9 Å². The second-order valence-corrected chi connectivity index (χ2v) is 12.5. The molecule has 5 aromatic rings. The number of hydrogen-bond donors (Lipinski definition) is 2. The first-order valence-electron chi connectivity index (χ1n) is 13.3. The fourth-order valence-electron chi connectivity index (χ4n) is 4.26. The van der Waals surface area contributed by atoms with Gasteiger partial charge in [-0.05, 0) is 61.9 Å². The van der Waals surface area contributed by atoms with Crippen LogP contribution in [0.1, 0.15) is 57.6 Å². The molecule has 0 aliphatic rings. The summed E-state index contributed by atoms with van der Waals surface area (Å²) in [6, 6.07) is 26.4. The highest BCUT2D eigenvalue weighted by Gasteiger charge is 2.22. The van der Waals surface area contributed by atoms with E-state index in [-0.39, 0.29) is 17.2 Å². The highest BCUT2D eigenvalue weighted by molar-refractivity contribution is 7.17. The van der Waals surface area contributed by atoms with Gasteiger partial charge in [-0.15, -0.1) is 11.3 Å². The monoisotopic (exact) mass is 582 g/mol. The van der Waals surface area contributed by atoms with E-state index >= 15 is 0 Å². The van der Waals surface area contributed by atoms with Crippen molar-refractivity contribution in [1.29, 1.82) is 0 Å². The average molecular weight is 583 g/mol. The number of aryl methyl sites for hydroxylation is 2. The minimum absolute atomic E-state index is 0.204. The second kappa shape index (κ2) is 11.4. The van der Waals surface area contributed by atoms with Crippen molar-refractivity contribution in [2.24, 2.45) is 0 Å². The van der Waals surface area contributed by atoms with E-state index in [2.05, 4.69) is 31.4 Å². The summed E-state index contributed by atoms with van der Waals surface area (Å²) in [6.07, 6.45) is 0. The number of amides is 2. The molecule has 0 aliphatic carbocycles. The highest BCUT2D eigenvalue weighted by atomic mass is 35.5. The average Bonchev–Trinajstić information content (AvgIpc) is 3.59. The maximum Gasteiger partial charge on any atom is 0.265 e. The summed E-state index contributed by atoms with van der Waals surface area (Å²) in [6.45, 7) is 10.2. The molecule has 0 radical (unpaired) electrons. The van der Waals surface area contributed by atoms with Crippen LogP contribution >= 0.6 is 22.9 Å². The first-order valence-corrected chi connectivity index (χ1v) is 14.4. The van der Waals surface area contributed by atoms with E-state index in [4.69, 9.17) is 16.7 Å². The topological polar surface area (TPSA) is 76.0 Å². The first-order chi connectivity index (χ1) is 19.5. The number of thiophene rings is 1. The van der Waals surface area contributed by atoms with E-state index in [1.807, 2.05) is 80.6 Å². The molecule has 5 rings (SSSR count). The number of nitrogens with zero attached hydrogens (tertiary/aromatic N) is 2. The zero-order chi connectivity index (χ0) is 29.3. The Morgan fingerprint density at radius 3 is 2.29 bits per heavy atom. The Morgan fingerprint density at radius 2 is 1.59 bits per heavy atom. The van der Waals surface area contributed by atoms with Crippen LogP contribution in [0.4, 0.5) is 11.5 Å². The third kappa shape index (κ3) is 6.26. The quantitative estimate of drug-likeness (QED) is 0.210. The number of rotatable bonds is 6. The van der Waals surface area contributed by atoms with Crippen molar-refractivity contribution in [3.63, 3.8) is 0 Å². The smallest absolute Gasteiger partial charge is 0.265 e. The van der Waals surface area contributed by atoms with Gasteiger partial charge in [-0.3, -0.25) is 9.59 Å². The van der Waals surface area contributed by atoms with Gasteiger partial charge < -0.3 is 10.6 Å². The Hall–Kier alpha value is -4.20. The normalized spacial score (nSPS) is 11.4. The van der Waals surface area contributed by atoms with E-state index in [9.17, 15) is 9.59 Å². The molecule has 0 spiro atoms. The number of nitrogens with one attached hydrogen (secondary N) is 2. The molecule has 208 valence electrons. The van der Waals surface area contributed by atoms with Gasteiger partial charge in [0.05, 0.1) is 16.3 Å². The van der Waals surface area contributed by atoms with Gasteiger partial charge in [-0.1, -0.05) is 74.3 Å². The second-order valence-electron chi connectivity index (χ2n) is 11.0. The van der Waals surface area contributed by atoms with Gasteiger partial charge in [-0.2, -0.15) is 5.10 Å². The summed E-state index contributed by atoms with van der Waals surface area (Å²) in [5, 5.41) is 11.4. The molecule has 0 aliphatic heterocycles. The maximum absolute atomic E-state index is 13.4. The predicted molar refractivity (Wildman–Crippen MR) is 169 cm³/mol. The van der Waals surface area contributed by atoms with Crippen LogP contribution in [0, 0.1) is 13.8 Å². The molecule has 41 heavy (non-hydrogen) atoms. The van der Waals surface area contributed by atoms with E-state index in [1.165, 1.54) is 11.3 Å². The molecule has 6 nitrogen and oxygen atoms in total. The molecule has 3 aromatic carbocycles. The van der Waals surface area contributed by atoms with Crippen LogP contribution < -0.4 is 10.6 Å².